The van der Waals surface area contributed by atoms with Gasteiger partial charge in [-0.3, -0.25) is 9.69 Å². The number of sulfonamides is 1. The van der Waals surface area contributed by atoms with Gasteiger partial charge in [-0.25, -0.2) is 8.42 Å². The Balaban J connectivity index is 2.25. The molecule has 1 aliphatic rings. The molecule has 0 N–H and O–H groups in total. The fourth-order valence-corrected chi connectivity index (χ4v) is 5.39. The standard InChI is InChI=1S/C21H32N4O4S/c1-6-25(7-2)30(27,28)20-14-17(8-9-19(20)29-5)21(26)24-12-10-23(11-13-24)18(15-22)16(3)4/h8-9,14,16,18H,6-7,10-13H2,1-5H3. The number of rotatable bonds is 8. The molecule has 1 atom stereocenters. The Labute approximate surface area is 180 Å². The number of piperazine rings is 1. The molecule has 1 saturated heterocycles. The SMILES string of the molecule is CCN(CC)S(=O)(=O)c1cc(C(=O)N2CCN(C(C#N)C(C)C)CC2)ccc1OC. The molecule has 0 radical (unpaired) electrons. The average Bonchev–Trinajstić information content (AvgIpc) is 2.74. The maximum Gasteiger partial charge on any atom is 0.253 e. The van der Waals surface area contributed by atoms with Gasteiger partial charge in [0, 0.05) is 44.8 Å². The summed E-state index contributed by atoms with van der Waals surface area (Å²) in [6.45, 7) is 10.5. The van der Waals surface area contributed by atoms with Crippen LogP contribution in [0.5, 0.6) is 5.75 Å². The largest absolute Gasteiger partial charge is 0.495 e. The number of carbonyl (C=O) groups excluding carboxylic acids is 1. The lowest BCUT2D eigenvalue weighted by Gasteiger charge is -2.38. The predicted molar refractivity (Wildman–Crippen MR) is 115 cm³/mol. The van der Waals surface area contributed by atoms with Crippen LogP contribution < -0.4 is 4.74 Å². The van der Waals surface area contributed by atoms with Gasteiger partial charge in [-0.05, 0) is 24.1 Å². The molecular weight excluding hydrogens is 404 g/mol. The van der Waals surface area contributed by atoms with Gasteiger partial charge in [-0.15, -0.1) is 0 Å². The van der Waals surface area contributed by atoms with E-state index in [9.17, 15) is 18.5 Å². The average molecular weight is 437 g/mol. The zero-order valence-corrected chi connectivity index (χ0v) is 19.3. The number of nitrogens with zero attached hydrogens (tertiary/aromatic N) is 4. The Bertz CT molecular complexity index is 883. The first-order valence-electron chi connectivity index (χ1n) is 10.3. The van der Waals surface area contributed by atoms with Gasteiger partial charge >= 0.3 is 0 Å². The smallest absolute Gasteiger partial charge is 0.253 e. The second-order valence-corrected chi connectivity index (χ2v) is 9.51. The molecule has 166 valence electrons. The number of carbonyl (C=O) groups is 1. The molecular formula is C21H32N4O4S. The second-order valence-electron chi connectivity index (χ2n) is 7.60. The van der Waals surface area contributed by atoms with Crippen molar-refractivity contribution in [2.45, 2.75) is 38.6 Å². The third-order valence-electron chi connectivity index (χ3n) is 5.49. The van der Waals surface area contributed by atoms with Gasteiger partial charge in [0.1, 0.15) is 16.7 Å². The van der Waals surface area contributed by atoms with Crippen LogP contribution in [0.4, 0.5) is 0 Å². The predicted octanol–water partition coefficient (Wildman–Crippen LogP) is 2.03. The van der Waals surface area contributed by atoms with Gasteiger partial charge in [-0.1, -0.05) is 27.7 Å². The molecule has 0 aliphatic carbocycles. The fourth-order valence-electron chi connectivity index (χ4n) is 3.75. The topological polar surface area (TPSA) is 94.0 Å². The lowest BCUT2D eigenvalue weighted by atomic mass is 10.0. The van der Waals surface area contributed by atoms with Gasteiger partial charge < -0.3 is 9.64 Å². The van der Waals surface area contributed by atoms with Crippen LogP contribution in [-0.4, -0.2) is 80.9 Å². The van der Waals surface area contributed by atoms with Gasteiger partial charge in [0.05, 0.1) is 13.2 Å². The first-order valence-corrected chi connectivity index (χ1v) is 11.8. The molecule has 1 fully saturated rings. The summed E-state index contributed by atoms with van der Waals surface area (Å²) in [5, 5.41) is 9.40. The third-order valence-corrected chi connectivity index (χ3v) is 7.56. The zero-order chi connectivity index (χ0) is 22.5. The molecule has 1 amide bonds. The summed E-state index contributed by atoms with van der Waals surface area (Å²) < 4.78 is 32.6. The van der Waals surface area contributed by atoms with E-state index in [1.54, 1.807) is 24.8 Å². The molecule has 9 heteroatoms. The van der Waals surface area contributed by atoms with Crippen molar-refractivity contribution in [1.82, 2.24) is 14.1 Å². The van der Waals surface area contributed by atoms with Crippen molar-refractivity contribution in [3.05, 3.63) is 23.8 Å². The van der Waals surface area contributed by atoms with E-state index in [1.165, 1.54) is 23.5 Å². The molecule has 0 aromatic heterocycles. The van der Waals surface area contributed by atoms with Crippen molar-refractivity contribution in [2.75, 3.05) is 46.4 Å². The Morgan fingerprint density at radius 2 is 1.80 bits per heavy atom. The summed E-state index contributed by atoms with van der Waals surface area (Å²) in [4.78, 5) is 16.9. The van der Waals surface area contributed by atoms with E-state index < -0.39 is 10.0 Å². The zero-order valence-electron chi connectivity index (χ0n) is 18.5. The molecule has 8 nitrogen and oxygen atoms in total. The van der Waals surface area contributed by atoms with Crippen LogP contribution in [0.15, 0.2) is 23.1 Å². The molecule has 2 rings (SSSR count). The highest BCUT2D eigenvalue weighted by Crippen LogP contribution is 2.28. The quantitative estimate of drug-likeness (QED) is 0.619. The van der Waals surface area contributed by atoms with Crippen LogP contribution >= 0.6 is 0 Å². The van der Waals surface area contributed by atoms with E-state index in [2.05, 4.69) is 11.0 Å². The molecule has 1 aromatic rings. The van der Waals surface area contributed by atoms with E-state index in [0.717, 1.165) is 0 Å². The van der Waals surface area contributed by atoms with Crippen LogP contribution in [0, 0.1) is 17.2 Å². The van der Waals surface area contributed by atoms with Crippen molar-refractivity contribution in [2.24, 2.45) is 5.92 Å². The minimum atomic E-state index is -3.77. The molecule has 0 saturated carbocycles. The number of amides is 1. The third kappa shape index (κ3) is 4.94. The number of nitriles is 1. The van der Waals surface area contributed by atoms with Gasteiger partial charge in [0.15, 0.2) is 0 Å². The summed E-state index contributed by atoms with van der Waals surface area (Å²) in [5.41, 5.74) is 0.315. The Morgan fingerprint density at radius 1 is 1.20 bits per heavy atom. The minimum Gasteiger partial charge on any atom is -0.495 e. The van der Waals surface area contributed by atoms with E-state index in [0.29, 0.717) is 44.8 Å². The normalized spacial score (nSPS) is 16.5. The van der Waals surface area contributed by atoms with Gasteiger partial charge in [-0.2, -0.15) is 9.57 Å². The van der Waals surface area contributed by atoms with Crippen LogP contribution in [0.3, 0.4) is 0 Å². The van der Waals surface area contributed by atoms with Crippen molar-refractivity contribution < 1.29 is 17.9 Å². The van der Waals surface area contributed by atoms with Gasteiger partial charge in [0.2, 0.25) is 10.0 Å². The monoisotopic (exact) mass is 436 g/mol. The highest BCUT2D eigenvalue weighted by atomic mass is 32.2. The van der Waals surface area contributed by atoms with E-state index in [1.807, 2.05) is 13.8 Å². The summed E-state index contributed by atoms with van der Waals surface area (Å²) >= 11 is 0. The number of hydrogen-bond acceptors (Lipinski definition) is 6. The van der Waals surface area contributed by atoms with Crippen molar-refractivity contribution in [1.29, 1.82) is 5.26 Å². The van der Waals surface area contributed by atoms with Crippen LogP contribution in [-0.2, 0) is 10.0 Å². The molecule has 30 heavy (non-hydrogen) atoms. The maximum atomic E-state index is 13.1. The van der Waals surface area contributed by atoms with E-state index in [4.69, 9.17) is 4.74 Å². The Kier molecular flexibility index (Phi) is 8.24. The summed E-state index contributed by atoms with van der Waals surface area (Å²) in [6.07, 6.45) is 0. The molecule has 1 aromatic carbocycles. The van der Waals surface area contributed by atoms with Crippen molar-refractivity contribution in [3.8, 4) is 11.8 Å². The molecule has 1 aliphatic heterocycles. The lowest BCUT2D eigenvalue weighted by Crippen LogP contribution is -2.52. The van der Waals surface area contributed by atoms with Crippen molar-refractivity contribution >= 4 is 15.9 Å². The van der Waals surface area contributed by atoms with Gasteiger partial charge in [0.25, 0.3) is 5.91 Å². The number of benzene rings is 1. The first kappa shape index (κ1) is 24.1. The summed E-state index contributed by atoms with van der Waals surface area (Å²) in [7, 11) is -2.36. The number of ether oxygens (including phenoxy) is 1. The molecule has 1 unspecified atom stereocenters. The molecule has 0 spiro atoms. The Morgan fingerprint density at radius 3 is 2.27 bits per heavy atom. The van der Waals surface area contributed by atoms with Crippen LogP contribution in [0.2, 0.25) is 0 Å². The fraction of sp³-hybridized carbons (Fsp3) is 0.619. The maximum absolute atomic E-state index is 13.1. The van der Waals surface area contributed by atoms with Crippen LogP contribution in [0.1, 0.15) is 38.1 Å². The van der Waals surface area contributed by atoms with E-state index >= 15 is 0 Å². The minimum absolute atomic E-state index is 0.00235. The highest BCUT2D eigenvalue weighted by Gasteiger charge is 2.30. The highest BCUT2D eigenvalue weighted by molar-refractivity contribution is 7.89. The summed E-state index contributed by atoms with van der Waals surface area (Å²) in [6, 6.07) is 6.71. The lowest BCUT2D eigenvalue weighted by molar-refractivity contribution is 0.0576. The van der Waals surface area contributed by atoms with Crippen molar-refractivity contribution in [3.63, 3.8) is 0 Å². The van der Waals surface area contributed by atoms with E-state index in [-0.39, 0.29) is 28.5 Å². The second kappa shape index (κ2) is 10.2. The molecule has 1 heterocycles. The molecule has 0 bridgehead atoms. The first-order chi connectivity index (χ1) is 14.2. The number of methoxy groups -OCH3 is 1. The Hall–Kier alpha value is -2.15. The van der Waals surface area contributed by atoms with Crippen LogP contribution in [0.25, 0.3) is 0 Å². The number of hydrogen-bond donors (Lipinski definition) is 0. The summed E-state index contributed by atoms with van der Waals surface area (Å²) in [5.74, 6) is 0.218.